The first-order valence-corrected chi connectivity index (χ1v) is 18.1. The molecule has 3 N–H and O–H groups in total. The molecule has 46 heavy (non-hydrogen) atoms. The number of aliphatic hydroxyl groups is 2. The predicted octanol–water partition coefficient (Wildman–Crippen LogP) is 7.35. The van der Waals surface area contributed by atoms with Crippen molar-refractivity contribution in [1.82, 2.24) is 0 Å². The number of unbranched alkanes of at least 4 members (excludes halogenated alkanes) is 3. The van der Waals surface area contributed by atoms with Crippen LogP contribution in [0.4, 0.5) is 0 Å². The zero-order valence-electron chi connectivity index (χ0n) is 30.7. The number of carbonyl (C=O) groups excluding carboxylic acids is 2. The molecule has 0 rings (SSSR count). The van der Waals surface area contributed by atoms with Crippen molar-refractivity contribution in [3.63, 3.8) is 0 Å². The van der Waals surface area contributed by atoms with Gasteiger partial charge in [0.1, 0.15) is 25.4 Å². The van der Waals surface area contributed by atoms with E-state index in [9.17, 15) is 14.4 Å². The molecule has 0 aromatic carbocycles. The third-order valence-corrected chi connectivity index (χ3v) is 7.56. The molecule has 0 radical (unpaired) electrons. The first-order valence-electron chi connectivity index (χ1n) is 18.1. The number of aliphatic carboxylic acids is 1. The minimum Gasteiger partial charge on any atom is -0.481 e. The number of carbonyl (C=O) groups is 3. The molecular weight excluding hydrogens is 592 g/mol. The van der Waals surface area contributed by atoms with E-state index in [0.29, 0.717) is 13.2 Å². The molecule has 0 aliphatic rings. The molecule has 10 heteroatoms. The molecule has 10 nitrogen and oxygen atoms in total. The molecule has 0 aromatic rings. The maximum atomic E-state index is 12.3. The average Bonchev–Trinajstić information content (AvgIpc) is 3.06. The standard InChI is InChI=1S/C22H42O5.C8H16O2.C6H14O3/c1-6-11-13-18(9-4)21(23)26-16-20(25-15-8-3)17-27-22(24)19(10-5)14-12-7-2;1-3-5-6-7(4-2)8(9)10;1-2-3-9-6(4-7)5-8/h18-20H,6-17H2,1-5H3;7H,3-6H2,1-2H3,(H,9,10);6-8H,2-5H2,1H3. The molecule has 0 saturated heterocycles. The number of carboxylic acid groups (broad SMARTS) is 1. The Kier molecular flexibility index (Phi) is 38.2. The van der Waals surface area contributed by atoms with E-state index in [1.165, 1.54) is 0 Å². The van der Waals surface area contributed by atoms with E-state index in [1.807, 2.05) is 34.6 Å². The highest BCUT2D eigenvalue weighted by atomic mass is 16.6. The summed E-state index contributed by atoms with van der Waals surface area (Å²) in [6.45, 7) is 17.5. The Hall–Kier alpha value is -1.75. The summed E-state index contributed by atoms with van der Waals surface area (Å²) in [5.74, 6) is -1.21. The minimum atomic E-state index is -0.643. The summed E-state index contributed by atoms with van der Waals surface area (Å²) < 4.78 is 21.7. The van der Waals surface area contributed by atoms with Crippen LogP contribution in [0.1, 0.15) is 145 Å². The van der Waals surface area contributed by atoms with Crippen molar-refractivity contribution < 1.29 is 48.7 Å². The van der Waals surface area contributed by atoms with Gasteiger partial charge >= 0.3 is 17.9 Å². The van der Waals surface area contributed by atoms with Crippen molar-refractivity contribution >= 4 is 17.9 Å². The van der Waals surface area contributed by atoms with Gasteiger partial charge in [0.15, 0.2) is 0 Å². The van der Waals surface area contributed by atoms with Crippen LogP contribution in [0.3, 0.4) is 0 Å². The third-order valence-electron chi connectivity index (χ3n) is 7.56. The number of carboxylic acids is 1. The van der Waals surface area contributed by atoms with Crippen LogP contribution in [0.25, 0.3) is 0 Å². The Morgan fingerprint density at radius 3 is 1.15 bits per heavy atom. The van der Waals surface area contributed by atoms with Gasteiger partial charge in [0.2, 0.25) is 0 Å². The predicted molar refractivity (Wildman–Crippen MR) is 184 cm³/mol. The Morgan fingerprint density at radius 1 is 0.522 bits per heavy atom. The van der Waals surface area contributed by atoms with Crippen LogP contribution >= 0.6 is 0 Å². The Labute approximate surface area is 281 Å². The maximum Gasteiger partial charge on any atom is 0.309 e. The maximum absolute atomic E-state index is 12.3. The second-order valence-corrected chi connectivity index (χ2v) is 11.7. The van der Waals surface area contributed by atoms with Gasteiger partial charge in [-0.1, -0.05) is 93.9 Å². The molecule has 3 atom stereocenters. The summed E-state index contributed by atoms with van der Waals surface area (Å²) in [5, 5.41) is 25.5. The average molecular weight is 665 g/mol. The van der Waals surface area contributed by atoms with Crippen LogP contribution in [-0.4, -0.2) is 85.1 Å². The van der Waals surface area contributed by atoms with Gasteiger partial charge in [-0.15, -0.1) is 0 Å². The van der Waals surface area contributed by atoms with Crippen molar-refractivity contribution in [3.8, 4) is 0 Å². The molecule has 276 valence electrons. The monoisotopic (exact) mass is 665 g/mol. The largest absolute Gasteiger partial charge is 0.481 e. The number of rotatable bonds is 27. The quantitative estimate of drug-likeness (QED) is 0.0761. The fourth-order valence-electron chi connectivity index (χ4n) is 4.29. The molecule has 0 bridgehead atoms. The van der Waals surface area contributed by atoms with Crippen LogP contribution in [-0.2, 0) is 33.3 Å². The van der Waals surface area contributed by atoms with Crippen LogP contribution in [0.2, 0.25) is 0 Å². The van der Waals surface area contributed by atoms with Crippen LogP contribution in [0.5, 0.6) is 0 Å². The van der Waals surface area contributed by atoms with E-state index in [-0.39, 0.29) is 62.2 Å². The highest BCUT2D eigenvalue weighted by molar-refractivity contribution is 5.73. The lowest BCUT2D eigenvalue weighted by atomic mass is 10.00. The number of aliphatic hydroxyl groups excluding tert-OH is 2. The van der Waals surface area contributed by atoms with Crippen molar-refractivity contribution in [3.05, 3.63) is 0 Å². The van der Waals surface area contributed by atoms with Crippen LogP contribution < -0.4 is 0 Å². The first kappa shape index (κ1) is 48.6. The van der Waals surface area contributed by atoms with Gasteiger partial charge in [0.05, 0.1) is 31.0 Å². The lowest BCUT2D eigenvalue weighted by Crippen LogP contribution is -2.31. The zero-order chi connectivity index (χ0) is 35.6. The minimum absolute atomic E-state index is 0.0576. The summed E-state index contributed by atoms with van der Waals surface area (Å²) in [6, 6.07) is 0. The molecule has 0 saturated carbocycles. The third kappa shape index (κ3) is 28.5. The second kappa shape index (κ2) is 36.1. The summed E-state index contributed by atoms with van der Waals surface area (Å²) in [5.41, 5.74) is 0. The topological polar surface area (TPSA) is 149 Å². The summed E-state index contributed by atoms with van der Waals surface area (Å²) >= 11 is 0. The van der Waals surface area contributed by atoms with E-state index in [0.717, 1.165) is 89.9 Å². The Bertz CT molecular complexity index is 652. The molecule has 0 heterocycles. The van der Waals surface area contributed by atoms with Crippen molar-refractivity contribution in [1.29, 1.82) is 0 Å². The van der Waals surface area contributed by atoms with Gasteiger partial charge in [-0.05, 0) is 51.4 Å². The highest BCUT2D eigenvalue weighted by Gasteiger charge is 2.23. The summed E-state index contributed by atoms with van der Waals surface area (Å²) in [6.07, 6.45) is 12.2. The fourth-order valence-corrected chi connectivity index (χ4v) is 4.29. The number of ether oxygens (including phenoxy) is 4. The van der Waals surface area contributed by atoms with Gasteiger partial charge in [-0.3, -0.25) is 14.4 Å². The lowest BCUT2D eigenvalue weighted by Gasteiger charge is -2.21. The van der Waals surface area contributed by atoms with Gasteiger partial charge in [0, 0.05) is 13.2 Å². The zero-order valence-corrected chi connectivity index (χ0v) is 30.7. The Morgan fingerprint density at radius 2 is 0.870 bits per heavy atom. The fraction of sp³-hybridized carbons (Fsp3) is 0.917. The number of hydrogen-bond donors (Lipinski definition) is 3. The molecule has 0 fully saturated rings. The molecule has 0 aliphatic carbocycles. The second-order valence-electron chi connectivity index (χ2n) is 11.7. The Balaban J connectivity index is -0.000000789. The van der Waals surface area contributed by atoms with Crippen molar-refractivity contribution in [2.45, 2.75) is 157 Å². The van der Waals surface area contributed by atoms with E-state index < -0.39 is 12.1 Å². The van der Waals surface area contributed by atoms with Gasteiger partial charge in [-0.25, -0.2) is 0 Å². The summed E-state index contributed by atoms with van der Waals surface area (Å²) in [7, 11) is 0. The van der Waals surface area contributed by atoms with E-state index in [1.54, 1.807) is 0 Å². The molecule has 0 aliphatic heterocycles. The van der Waals surface area contributed by atoms with Gasteiger partial charge < -0.3 is 34.3 Å². The SMILES string of the molecule is CCCCC(CC)C(=O)O.CCCCC(CC)C(=O)OCC(COC(=O)C(CC)CCCC)OCCC.CCCOC(CO)CO. The number of esters is 2. The molecule has 3 unspecified atom stereocenters. The van der Waals surface area contributed by atoms with Crippen LogP contribution in [0.15, 0.2) is 0 Å². The molecule has 0 aromatic heterocycles. The van der Waals surface area contributed by atoms with Crippen molar-refractivity contribution in [2.24, 2.45) is 17.8 Å². The lowest BCUT2D eigenvalue weighted by molar-refractivity contribution is -0.160. The first-order chi connectivity index (χ1) is 22.1. The smallest absolute Gasteiger partial charge is 0.309 e. The van der Waals surface area contributed by atoms with Crippen LogP contribution in [0, 0.1) is 17.8 Å². The summed E-state index contributed by atoms with van der Waals surface area (Å²) in [4.78, 5) is 35.0. The molecular formula is C36H72O10. The number of hydrogen-bond acceptors (Lipinski definition) is 9. The highest BCUT2D eigenvalue weighted by Crippen LogP contribution is 2.17. The molecule has 0 amide bonds. The normalized spacial score (nSPS) is 13.4. The van der Waals surface area contributed by atoms with Gasteiger partial charge in [-0.2, -0.15) is 0 Å². The van der Waals surface area contributed by atoms with E-state index in [4.69, 9.17) is 34.3 Å². The van der Waals surface area contributed by atoms with Gasteiger partial charge in [0.25, 0.3) is 0 Å². The van der Waals surface area contributed by atoms with E-state index in [2.05, 4.69) is 20.8 Å². The molecule has 0 spiro atoms. The van der Waals surface area contributed by atoms with Crippen molar-refractivity contribution in [2.75, 3.05) is 39.6 Å². The van der Waals surface area contributed by atoms with E-state index >= 15 is 0 Å².